The van der Waals surface area contributed by atoms with Crippen molar-refractivity contribution < 1.29 is 17.0 Å². The fraction of sp³-hybridized carbons (Fsp3) is 0.222. The highest BCUT2D eigenvalue weighted by atomic mass is 79.9. The van der Waals surface area contributed by atoms with Crippen LogP contribution < -0.4 is 17.0 Å². The van der Waals surface area contributed by atoms with Gasteiger partial charge in [-0.2, -0.15) is 0 Å². The number of halogens is 2. The molecule has 4 heteroatoms. The molecule has 2 aromatic rings. The van der Waals surface area contributed by atoms with Gasteiger partial charge in [0.1, 0.15) is 5.65 Å². The molecule has 0 fully saturated rings. The van der Waals surface area contributed by atoms with Crippen molar-refractivity contribution in [2.24, 2.45) is 0 Å². The summed E-state index contributed by atoms with van der Waals surface area (Å²) in [5.74, 6) is 0. The zero-order chi connectivity index (χ0) is 8.55. The first kappa shape index (κ1) is 10.7. The summed E-state index contributed by atoms with van der Waals surface area (Å²) in [7, 11) is 0. The van der Waals surface area contributed by atoms with E-state index in [0.29, 0.717) is 0 Å². The summed E-state index contributed by atoms with van der Waals surface area (Å²) in [5, 5.41) is 0.814. The van der Waals surface area contributed by atoms with Gasteiger partial charge in [-0.05, 0) is 18.6 Å². The van der Waals surface area contributed by atoms with Crippen LogP contribution in [0.3, 0.4) is 0 Å². The maximum Gasteiger partial charge on any atom is 0.139 e. The molecule has 0 spiro atoms. The molecule has 0 saturated heterocycles. The topological polar surface area (TPSA) is 17.3 Å². The summed E-state index contributed by atoms with van der Waals surface area (Å²) in [5.41, 5.74) is 3.33. The molecular weight excluding hydrogens is 296 g/mol. The Hall–Kier alpha value is -0.350. The monoisotopic (exact) mass is 303 g/mol. The van der Waals surface area contributed by atoms with Crippen LogP contribution in [0.2, 0.25) is 0 Å². The number of pyridine rings is 1. The van der Waals surface area contributed by atoms with Crippen LogP contribution in [-0.2, 0) is 5.33 Å². The van der Waals surface area contributed by atoms with E-state index in [-0.39, 0.29) is 17.0 Å². The number of imidazole rings is 1. The maximum atomic E-state index is 4.45. The highest BCUT2D eigenvalue weighted by molar-refractivity contribution is 9.08. The number of hydrogen-bond donors (Lipinski definition) is 0. The predicted molar refractivity (Wildman–Crippen MR) is 52.6 cm³/mol. The van der Waals surface area contributed by atoms with Crippen LogP contribution in [0, 0.1) is 6.92 Å². The van der Waals surface area contributed by atoms with Gasteiger partial charge in [0.05, 0.1) is 5.69 Å². The van der Waals surface area contributed by atoms with Crippen LogP contribution in [-0.4, -0.2) is 9.38 Å². The largest absolute Gasteiger partial charge is 1.00 e. The van der Waals surface area contributed by atoms with Gasteiger partial charge >= 0.3 is 0 Å². The molecule has 0 aromatic carbocycles. The van der Waals surface area contributed by atoms with E-state index in [1.165, 1.54) is 5.56 Å². The number of hydrogen-bond acceptors (Lipinski definition) is 1. The van der Waals surface area contributed by atoms with Gasteiger partial charge in [-0.25, -0.2) is 4.98 Å². The lowest BCUT2D eigenvalue weighted by atomic mass is 10.3. The number of fused-ring (bicyclic) bond motifs is 1. The molecule has 2 nitrogen and oxygen atoms in total. The van der Waals surface area contributed by atoms with Crippen molar-refractivity contribution >= 4 is 21.6 Å². The summed E-state index contributed by atoms with van der Waals surface area (Å²) in [4.78, 5) is 4.45. The van der Waals surface area contributed by atoms with Crippen LogP contribution in [0.15, 0.2) is 24.5 Å². The molecule has 0 N–H and O–H groups in total. The van der Waals surface area contributed by atoms with Crippen molar-refractivity contribution in [3.8, 4) is 0 Å². The molecule has 70 valence electrons. The second-order valence-corrected chi connectivity index (χ2v) is 3.35. The highest BCUT2D eigenvalue weighted by Crippen LogP contribution is 2.11. The third-order valence-electron chi connectivity index (χ3n) is 1.86. The quantitative estimate of drug-likeness (QED) is 0.652. The van der Waals surface area contributed by atoms with E-state index in [9.17, 15) is 0 Å². The molecule has 0 saturated carbocycles. The number of aromatic nitrogens is 2. The van der Waals surface area contributed by atoms with E-state index < -0.39 is 0 Å². The average molecular weight is 305 g/mol. The molecule has 0 aliphatic heterocycles. The summed E-state index contributed by atoms with van der Waals surface area (Å²) < 4.78 is 2.05. The Morgan fingerprint density at radius 2 is 2.31 bits per heavy atom. The smallest absolute Gasteiger partial charge is 0.139 e. The van der Waals surface area contributed by atoms with Gasteiger partial charge in [-0.3, -0.25) is 0 Å². The minimum atomic E-state index is 0. The summed E-state index contributed by atoms with van der Waals surface area (Å²) in [6.45, 7) is 2.07. The van der Waals surface area contributed by atoms with E-state index >= 15 is 0 Å². The van der Waals surface area contributed by atoms with Gasteiger partial charge < -0.3 is 21.4 Å². The zero-order valence-corrected chi connectivity index (χ0v) is 10.3. The third kappa shape index (κ3) is 1.94. The molecule has 0 amide bonds. The molecule has 0 aliphatic carbocycles. The third-order valence-corrected chi connectivity index (χ3v) is 2.44. The van der Waals surface area contributed by atoms with Gasteiger partial charge in [-0.1, -0.05) is 22.0 Å². The Labute approximate surface area is 95.9 Å². The van der Waals surface area contributed by atoms with Crippen molar-refractivity contribution in [1.29, 1.82) is 0 Å². The SMILES string of the molecule is Cc1cccn2cc(CBr)nc12.[Br-]. The van der Waals surface area contributed by atoms with Gasteiger partial charge in [0.15, 0.2) is 0 Å². The van der Waals surface area contributed by atoms with Crippen molar-refractivity contribution in [2.45, 2.75) is 12.3 Å². The van der Waals surface area contributed by atoms with Gasteiger partial charge in [0.25, 0.3) is 0 Å². The molecule has 0 aliphatic rings. The lowest BCUT2D eigenvalue weighted by Gasteiger charge is -1.93. The summed E-state index contributed by atoms with van der Waals surface area (Å²) in [6.07, 6.45) is 4.05. The fourth-order valence-corrected chi connectivity index (χ4v) is 1.54. The average Bonchev–Trinajstić information content (AvgIpc) is 2.49. The first-order valence-corrected chi connectivity index (χ1v) is 4.92. The molecule has 13 heavy (non-hydrogen) atoms. The van der Waals surface area contributed by atoms with E-state index in [2.05, 4.69) is 33.9 Å². The van der Waals surface area contributed by atoms with Crippen LogP contribution in [0.1, 0.15) is 11.3 Å². The second-order valence-electron chi connectivity index (χ2n) is 2.79. The second kappa shape index (κ2) is 4.24. The summed E-state index contributed by atoms with van der Waals surface area (Å²) >= 11 is 3.38. The Morgan fingerprint density at radius 1 is 1.54 bits per heavy atom. The Morgan fingerprint density at radius 3 is 2.92 bits per heavy atom. The molecule has 2 rings (SSSR count). The fourth-order valence-electron chi connectivity index (χ4n) is 1.27. The van der Waals surface area contributed by atoms with Crippen molar-refractivity contribution in [3.05, 3.63) is 35.8 Å². The standard InChI is InChI=1S/C9H9BrN2.BrH/c1-7-3-2-4-12-6-8(5-10)11-9(7)12;/h2-4,6H,5H2,1H3;1H/p-1. The lowest BCUT2D eigenvalue weighted by Crippen LogP contribution is -3.00. The molecule has 2 aromatic heterocycles. The molecule has 0 radical (unpaired) electrons. The minimum absolute atomic E-state index is 0. The molecule has 0 unspecified atom stereocenters. The zero-order valence-electron chi connectivity index (χ0n) is 7.17. The molecule has 0 atom stereocenters. The van der Waals surface area contributed by atoms with Crippen LogP contribution in [0.25, 0.3) is 5.65 Å². The number of aryl methyl sites for hydroxylation is 1. The Bertz CT molecular complexity index is 409. The van der Waals surface area contributed by atoms with Crippen molar-refractivity contribution in [2.75, 3.05) is 0 Å². The molecular formula is C9H9Br2N2-. The normalized spacial score (nSPS) is 10.0. The highest BCUT2D eigenvalue weighted by Gasteiger charge is 2.00. The van der Waals surface area contributed by atoms with Crippen molar-refractivity contribution in [1.82, 2.24) is 9.38 Å². The van der Waals surface area contributed by atoms with E-state index in [1.807, 2.05) is 22.9 Å². The van der Waals surface area contributed by atoms with Crippen LogP contribution >= 0.6 is 15.9 Å². The van der Waals surface area contributed by atoms with Gasteiger partial charge in [-0.15, -0.1) is 0 Å². The minimum Gasteiger partial charge on any atom is -1.00 e. The van der Waals surface area contributed by atoms with Crippen LogP contribution in [0.4, 0.5) is 0 Å². The molecule has 2 heterocycles. The van der Waals surface area contributed by atoms with Gasteiger partial charge in [0, 0.05) is 17.7 Å². The molecule has 0 bridgehead atoms. The lowest BCUT2D eigenvalue weighted by molar-refractivity contribution is -0.00000253. The van der Waals surface area contributed by atoms with E-state index in [1.54, 1.807) is 0 Å². The number of rotatable bonds is 1. The Balaban J connectivity index is 0.000000845. The van der Waals surface area contributed by atoms with Crippen LogP contribution in [0.5, 0.6) is 0 Å². The first-order chi connectivity index (χ1) is 5.81. The van der Waals surface area contributed by atoms with Gasteiger partial charge in [0.2, 0.25) is 0 Å². The number of alkyl halides is 1. The number of nitrogens with zero attached hydrogens (tertiary/aromatic N) is 2. The van der Waals surface area contributed by atoms with E-state index in [4.69, 9.17) is 0 Å². The maximum absolute atomic E-state index is 4.45. The Kier molecular flexibility index (Phi) is 3.50. The first-order valence-electron chi connectivity index (χ1n) is 3.80. The summed E-state index contributed by atoms with van der Waals surface area (Å²) in [6, 6.07) is 4.10. The van der Waals surface area contributed by atoms with E-state index in [0.717, 1.165) is 16.7 Å². The predicted octanol–water partition coefficient (Wildman–Crippen LogP) is -0.458. The van der Waals surface area contributed by atoms with Crippen molar-refractivity contribution in [3.63, 3.8) is 0 Å².